The number of rotatable bonds is 8. The van der Waals surface area contributed by atoms with Gasteiger partial charge in [-0.2, -0.15) is 0 Å². The number of nitrogens with zero attached hydrogens (tertiary/aromatic N) is 4. The molecule has 2 aliphatic rings. The average molecular weight is 519 g/mol. The smallest absolute Gasteiger partial charge is 0.352 e. The number of benzene rings is 1. The number of aromatic amines is 1. The van der Waals surface area contributed by atoms with Crippen molar-refractivity contribution in [3.8, 4) is 0 Å². The highest BCUT2D eigenvalue weighted by atomic mass is 32.2. The fourth-order valence-electron chi connectivity index (χ4n) is 3.80. The number of hydrogen-bond acceptors (Lipinski definition) is 10. The highest BCUT2D eigenvalue weighted by Gasteiger charge is 2.54. The van der Waals surface area contributed by atoms with Crippen molar-refractivity contribution >= 4 is 52.9 Å². The van der Waals surface area contributed by atoms with Crippen LogP contribution in [0.5, 0.6) is 0 Å². The molecule has 1 aromatic carbocycles. The maximum Gasteiger partial charge on any atom is 0.352 e. The van der Waals surface area contributed by atoms with Crippen molar-refractivity contribution in [2.24, 2.45) is 5.73 Å². The Hall–Kier alpha value is -3.43. The third kappa shape index (κ3) is 5.01. The van der Waals surface area contributed by atoms with Crippen LogP contribution in [0.1, 0.15) is 25.5 Å². The van der Waals surface area contributed by atoms with Crippen LogP contribution in [0.4, 0.5) is 5.69 Å². The first-order chi connectivity index (χ1) is 16.7. The van der Waals surface area contributed by atoms with Crippen LogP contribution in [0, 0.1) is 0 Å². The van der Waals surface area contributed by atoms with Gasteiger partial charge in [0, 0.05) is 23.6 Å². The van der Waals surface area contributed by atoms with E-state index in [4.69, 9.17) is 5.73 Å². The number of carbonyl (C=O) groups excluding carboxylic acids is 3. The second kappa shape index (κ2) is 10.1. The molecule has 15 heteroatoms. The van der Waals surface area contributed by atoms with Crippen molar-refractivity contribution in [3.63, 3.8) is 0 Å². The number of carboxylic acids is 1. The lowest BCUT2D eigenvalue weighted by atomic mass is 10.00. The molecule has 4 rings (SSSR count). The van der Waals surface area contributed by atoms with E-state index in [1.54, 1.807) is 24.3 Å². The molecule has 35 heavy (non-hydrogen) atoms. The van der Waals surface area contributed by atoms with Crippen molar-refractivity contribution in [2.45, 2.75) is 41.7 Å². The standard InChI is InChI=1S/C20H22N8O5S2/c1-8(35-20-24-26-27-25-20)12-7-34-18-14(17(31)28(18)15(12)19(32)33)23-16(30)13(21)10-4-3-5-11(6-10)22-9(2)29/h3-6,8,13-14,18H,7,21H2,1-2H3,(H,22,29)(H,23,30)(H,32,33)(H,24,25,26,27)/t8?,13?,14?,18-/m0/s1. The number of nitrogens with one attached hydrogen (secondary N) is 3. The Morgan fingerprint density at radius 1 is 1.37 bits per heavy atom. The van der Waals surface area contributed by atoms with Gasteiger partial charge in [0.15, 0.2) is 0 Å². The van der Waals surface area contributed by atoms with Crippen LogP contribution in [-0.4, -0.2) is 76.7 Å². The molecule has 0 saturated carbocycles. The molecule has 1 saturated heterocycles. The van der Waals surface area contributed by atoms with E-state index in [2.05, 4.69) is 31.3 Å². The van der Waals surface area contributed by atoms with E-state index in [1.165, 1.54) is 35.3 Å². The van der Waals surface area contributed by atoms with Crippen molar-refractivity contribution in [1.82, 2.24) is 30.8 Å². The van der Waals surface area contributed by atoms with Gasteiger partial charge < -0.3 is 21.5 Å². The fraction of sp³-hybridized carbons (Fsp3) is 0.350. The summed E-state index contributed by atoms with van der Waals surface area (Å²) in [6, 6.07) is 4.54. The number of β-lactam (4-membered cyclic amide) rings is 1. The normalized spacial score (nSPS) is 21.0. The van der Waals surface area contributed by atoms with Gasteiger partial charge in [-0.3, -0.25) is 19.3 Å². The van der Waals surface area contributed by atoms with E-state index in [1.807, 2.05) is 6.92 Å². The number of aliphatic carboxylic acids is 1. The van der Waals surface area contributed by atoms with Gasteiger partial charge in [0.25, 0.3) is 5.91 Å². The van der Waals surface area contributed by atoms with Gasteiger partial charge in [0.05, 0.1) is 0 Å². The first-order valence-corrected chi connectivity index (χ1v) is 12.3. The number of tetrazole rings is 1. The molecule has 4 atom stereocenters. The zero-order valence-electron chi connectivity index (χ0n) is 18.6. The first-order valence-electron chi connectivity index (χ1n) is 10.4. The van der Waals surface area contributed by atoms with Gasteiger partial charge in [0.1, 0.15) is 23.2 Å². The lowest BCUT2D eigenvalue weighted by Gasteiger charge is -2.50. The molecule has 184 valence electrons. The summed E-state index contributed by atoms with van der Waals surface area (Å²) in [5.41, 5.74) is 7.51. The summed E-state index contributed by atoms with van der Waals surface area (Å²) in [5.74, 6) is -2.25. The van der Waals surface area contributed by atoms with E-state index in [0.717, 1.165) is 0 Å². The fourth-order valence-corrected chi connectivity index (χ4v) is 6.23. The number of hydrogen-bond donors (Lipinski definition) is 5. The summed E-state index contributed by atoms with van der Waals surface area (Å²) in [6.45, 7) is 3.18. The van der Waals surface area contributed by atoms with Gasteiger partial charge in [-0.15, -0.1) is 16.9 Å². The minimum absolute atomic E-state index is 0.0935. The minimum atomic E-state index is -1.22. The maximum atomic E-state index is 12.9. The highest BCUT2D eigenvalue weighted by Crippen LogP contribution is 2.43. The Bertz CT molecular complexity index is 1200. The van der Waals surface area contributed by atoms with Gasteiger partial charge in [-0.25, -0.2) is 9.89 Å². The summed E-state index contributed by atoms with van der Waals surface area (Å²) in [6.07, 6.45) is 0. The van der Waals surface area contributed by atoms with Gasteiger partial charge in [-0.1, -0.05) is 23.9 Å². The molecule has 0 radical (unpaired) electrons. The Morgan fingerprint density at radius 3 is 2.80 bits per heavy atom. The number of anilines is 1. The van der Waals surface area contributed by atoms with E-state index in [9.17, 15) is 24.3 Å². The quantitative estimate of drug-likeness (QED) is 0.234. The molecule has 0 aliphatic carbocycles. The zero-order valence-corrected chi connectivity index (χ0v) is 20.2. The number of carbonyl (C=O) groups is 4. The molecular formula is C20H22N8O5S2. The number of nitrogens with two attached hydrogens (primary N) is 1. The van der Waals surface area contributed by atoms with Crippen molar-refractivity contribution in [3.05, 3.63) is 41.1 Å². The number of thioether (sulfide) groups is 2. The van der Waals surface area contributed by atoms with E-state index in [0.29, 0.717) is 27.7 Å². The topological polar surface area (TPSA) is 196 Å². The molecule has 1 aromatic heterocycles. The molecule has 0 spiro atoms. The predicted molar refractivity (Wildman–Crippen MR) is 127 cm³/mol. The molecule has 3 unspecified atom stereocenters. The van der Waals surface area contributed by atoms with Crippen LogP contribution in [0.3, 0.4) is 0 Å². The Labute approximate surface area is 207 Å². The summed E-state index contributed by atoms with van der Waals surface area (Å²) in [5, 5.41) is 28.1. The number of carboxylic acid groups (broad SMARTS) is 1. The molecule has 13 nitrogen and oxygen atoms in total. The average Bonchev–Trinajstić information content (AvgIpc) is 3.33. The van der Waals surface area contributed by atoms with Crippen molar-refractivity contribution in [1.29, 1.82) is 0 Å². The van der Waals surface area contributed by atoms with Crippen LogP contribution in [-0.2, 0) is 19.2 Å². The molecule has 3 heterocycles. The van der Waals surface area contributed by atoms with Gasteiger partial charge in [-0.05, 0) is 40.6 Å². The Balaban J connectivity index is 1.47. The van der Waals surface area contributed by atoms with Gasteiger partial charge in [0.2, 0.25) is 17.0 Å². The molecule has 0 bridgehead atoms. The second-order valence-electron chi connectivity index (χ2n) is 7.83. The molecule has 2 aliphatic heterocycles. The molecule has 2 aromatic rings. The number of H-pyrrole nitrogens is 1. The number of amides is 3. The highest BCUT2D eigenvalue weighted by molar-refractivity contribution is 8.01. The van der Waals surface area contributed by atoms with Crippen LogP contribution in [0.2, 0.25) is 0 Å². The lowest BCUT2D eigenvalue weighted by molar-refractivity contribution is -0.150. The van der Waals surface area contributed by atoms with Crippen molar-refractivity contribution < 1.29 is 24.3 Å². The number of aromatic nitrogens is 4. The molecule has 1 fully saturated rings. The van der Waals surface area contributed by atoms with Crippen LogP contribution in [0.15, 0.2) is 40.7 Å². The van der Waals surface area contributed by atoms with Crippen LogP contribution < -0.4 is 16.4 Å². The van der Waals surface area contributed by atoms with Crippen LogP contribution in [0.25, 0.3) is 0 Å². The Morgan fingerprint density at radius 2 is 2.14 bits per heavy atom. The summed E-state index contributed by atoms with van der Waals surface area (Å²) in [4.78, 5) is 50.3. The third-order valence-corrected chi connectivity index (χ3v) is 7.79. The largest absolute Gasteiger partial charge is 0.477 e. The monoisotopic (exact) mass is 518 g/mol. The summed E-state index contributed by atoms with van der Waals surface area (Å²) >= 11 is 2.61. The SMILES string of the molecule is CC(=O)Nc1cccc(C(N)C(=O)NC2C(=O)N3C(C(=O)O)=C(C(C)Sc4nnn[nH]4)CS[C@@H]23)c1. The second-order valence-corrected chi connectivity index (χ2v) is 10.3. The van der Waals surface area contributed by atoms with Gasteiger partial charge >= 0.3 is 5.97 Å². The Kier molecular flexibility index (Phi) is 7.09. The lowest BCUT2D eigenvalue weighted by Crippen LogP contribution is -2.71. The van der Waals surface area contributed by atoms with Crippen LogP contribution >= 0.6 is 23.5 Å². The molecule has 6 N–H and O–H groups in total. The van der Waals surface area contributed by atoms with E-state index < -0.39 is 35.2 Å². The number of fused-ring (bicyclic) bond motifs is 1. The van der Waals surface area contributed by atoms with E-state index in [-0.39, 0.29) is 16.9 Å². The van der Waals surface area contributed by atoms with E-state index >= 15 is 0 Å². The maximum absolute atomic E-state index is 12.9. The van der Waals surface area contributed by atoms with Crippen molar-refractivity contribution in [2.75, 3.05) is 11.1 Å². The molecular weight excluding hydrogens is 496 g/mol. The predicted octanol–water partition coefficient (Wildman–Crippen LogP) is 0.0773. The zero-order chi connectivity index (χ0) is 25.3. The summed E-state index contributed by atoms with van der Waals surface area (Å²) < 4.78 is 0. The molecule has 3 amide bonds. The first kappa shape index (κ1) is 24.7. The summed E-state index contributed by atoms with van der Waals surface area (Å²) in [7, 11) is 0. The minimum Gasteiger partial charge on any atom is -0.477 e. The third-order valence-electron chi connectivity index (χ3n) is 5.45.